The lowest BCUT2D eigenvalue weighted by Gasteiger charge is -2.35. The quantitative estimate of drug-likeness (QED) is 0.387. The molecule has 8 heteroatoms. The van der Waals surface area contributed by atoms with Gasteiger partial charge in [-0.1, -0.05) is 6.07 Å². The van der Waals surface area contributed by atoms with Crippen LogP contribution in [0.5, 0.6) is 5.75 Å². The van der Waals surface area contributed by atoms with Gasteiger partial charge in [-0.05, 0) is 62.6 Å². The number of hydrogen-bond donors (Lipinski definition) is 2. The summed E-state index contributed by atoms with van der Waals surface area (Å²) in [5, 5.41) is 7.45. The highest BCUT2D eigenvalue weighted by Crippen LogP contribution is 2.40. The molecule has 7 nitrogen and oxygen atoms in total. The third kappa shape index (κ3) is 5.37. The molecule has 1 aromatic carbocycles. The van der Waals surface area contributed by atoms with Gasteiger partial charge in [0.05, 0.1) is 6.61 Å². The minimum atomic E-state index is -0.505. The number of nitrogens with one attached hydrogen (secondary N) is 1. The number of nitrogens with zero attached hydrogens (tertiary/aromatic N) is 2. The van der Waals surface area contributed by atoms with E-state index in [1.165, 1.54) is 6.20 Å². The maximum absolute atomic E-state index is 14.2. The Morgan fingerprint density at radius 3 is 2.88 bits per heavy atom. The molecule has 0 spiro atoms. The predicted octanol–water partition coefficient (Wildman–Crippen LogP) is 3.53. The van der Waals surface area contributed by atoms with Gasteiger partial charge in [-0.15, -0.1) is 0 Å². The highest BCUT2D eigenvalue weighted by molar-refractivity contribution is 5.68. The van der Waals surface area contributed by atoms with E-state index in [1.54, 1.807) is 12.1 Å². The van der Waals surface area contributed by atoms with Crippen LogP contribution in [-0.4, -0.2) is 61.5 Å². The first-order chi connectivity index (χ1) is 15.5. The van der Waals surface area contributed by atoms with Gasteiger partial charge >= 0.3 is 0 Å². The summed E-state index contributed by atoms with van der Waals surface area (Å²) in [5.41, 5.74) is 7.57. The fraction of sp³-hybridized carbons (Fsp3) is 0.500. The van der Waals surface area contributed by atoms with Crippen molar-refractivity contribution >= 4 is 6.02 Å². The number of aromatic nitrogens is 1. The number of amidine groups is 1. The van der Waals surface area contributed by atoms with Gasteiger partial charge in [0.1, 0.15) is 11.9 Å². The lowest BCUT2D eigenvalue weighted by molar-refractivity contribution is 0.0369. The molecule has 0 aliphatic carbocycles. The molecular weight excluding hydrogens is 411 g/mol. The van der Waals surface area contributed by atoms with Crippen LogP contribution in [0.15, 0.2) is 36.5 Å². The maximum Gasteiger partial charge on any atom is 0.279 e. The third-order valence-corrected chi connectivity index (χ3v) is 6.42. The number of hydrogen-bond acceptors (Lipinski definition) is 6. The molecule has 1 fully saturated rings. The zero-order valence-electron chi connectivity index (χ0n) is 18.4. The van der Waals surface area contributed by atoms with E-state index in [2.05, 4.69) is 16.9 Å². The summed E-state index contributed by atoms with van der Waals surface area (Å²) in [7, 11) is 2.16. The van der Waals surface area contributed by atoms with Crippen molar-refractivity contribution in [2.24, 2.45) is 5.73 Å². The van der Waals surface area contributed by atoms with Crippen molar-refractivity contribution in [3.05, 3.63) is 48.0 Å². The molecule has 1 saturated heterocycles. The first kappa shape index (κ1) is 22.5. The molecule has 1 aromatic heterocycles. The van der Waals surface area contributed by atoms with Crippen LogP contribution < -0.4 is 10.5 Å². The van der Waals surface area contributed by atoms with Gasteiger partial charge in [-0.25, -0.2) is 4.98 Å². The fourth-order valence-corrected chi connectivity index (χ4v) is 4.60. The van der Waals surface area contributed by atoms with Crippen molar-refractivity contribution in [1.29, 1.82) is 5.41 Å². The van der Waals surface area contributed by atoms with E-state index < -0.39 is 5.95 Å². The SMILES string of the molecule is CN(CCC1CC(COC(=N)N)c2cc(-c3cccnc3F)ccc2O1)C1CCOCC1. The van der Waals surface area contributed by atoms with E-state index in [1.807, 2.05) is 18.2 Å². The standard InChI is InChI=1S/C24H31FN4O3/c1-29(18-7-11-30-12-8-18)10-6-19-13-17(15-31-24(26)27)21-14-16(4-5-22(21)32-19)20-3-2-9-28-23(20)25/h2-5,9,14,17-19H,6-8,10-13,15H2,1H3,(H3,26,27). The van der Waals surface area contributed by atoms with Gasteiger partial charge in [0.25, 0.3) is 6.02 Å². The molecular formula is C24H31FN4O3. The summed E-state index contributed by atoms with van der Waals surface area (Å²) in [4.78, 5) is 6.16. The topological polar surface area (TPSA) is 93.7 Å². The Labute approximate surface area is 188 Å². The second-order valence-corrected chi connectivity index (χ2v) is 8.55. The predicted molar refractivity (Wildman–Crippen MR) is 120 cm³/mol. The van der Waals surface area contributed by atoms with Gasteiger partial charge in [0, 0.05) is 49.0 Å². The molecule has 2 atom stereocenters. The van der Waals surface area contributed by atoms with Crippen LogP contribution in [0, 0.1) is 11.4 Å². The zero-order valence-corrected chi connectivity index (χ0v) is 18.4. The van der Waals surface area contributed by atoms with E-state index >= 15 is 0 Å². The summed E-state index contributed by atoms with van der Waals surface area (Å²) in [5.74, 6) is 0.274. The Balaban J connectivity index is 1.50. The number of rotatable bonds is 7. The van der Waals surface area contributed by atoms with Crippen LogP contribution >= 0.6 is 0 Å². The highest BCUT2D eigenvalue weighted by Gasteiger charge is 2.30. The van der Waals surface area contributed by atoms with Gasteiger partial charge < -0.3 is 24.8 Å². The molecule has 3 N–H and O–H groups in total. The van der Waals surface area contributed by atoms with Crippen molar-refractivity contribution in [3.63, 3.8) is 0 Å². The molecule has 2 aromatic rings. The number of halogens is 1. The lowest BCUT2D eigenvalue weighted by atomic mass is 9.87. The Bertz CT molecular complexity index is 935. The summed E-state index contributed by atoms with van der Waals surface area (Å²) in [6.45, 7) is 2.88. The fourth-order valence-electron chi connectivity index (χ4n) is 4.60. The number of ether oxygens (including phenoxy) is 3. The molecule has 172 valence electrons. The summed E-state index contributed by atoms with van der Waals surface area (Å²) in [6.07, 6.45) is 5.24. The van der Waals surface area contributed by atoms with Crippen molar-refractivity contribution in [2.45, 2.75) is 43.7 Å². The first-order valence-corrected chi connectivity index (χ1v) is 11.2. The second kappa shape index (κ2) is 10.3. The van der Waals surface area contributed by atoms with Gasteiger partial charge in [0.15, 0.2) is 0 Å². The van der Waals surface area contributed by atoms with Gasteiger partial charge in [-0.2, -0.15) is 4.39 Å². The molecule has 0 bridgehead atoms. The Morgan fingerprint density at radius 1 is 1.31 bits per heavy atom. The third-order valence-electron chi connectivity index (χ3n) is 6.42. The number of fused-ring (bicyclic) bond motifs is 1. The lowest BCUT2D eigenvalue weighted by Crippen LogP contribution is -2.39. The van der Waals surface area contributed by atoms with Crippen LogP contribution in [0.1, 0.15) is 37.2 Å². The monoisotopic (exact) mass is 442 g/mol. The minimum Gasteiger partial charge on any atom is -0.490 e. The molecule has 2 aliphatic heterocycles. The second-order valence-electron chi connectivity index (χ2n) is 8.55. The first-order valence-electron chi connectivity index (χ1n) is 11.2. The Morgan fingerprint density at radius 2 is 2.12 bits per heavy atom. The molecule has 0 amide bonds. The molecule has 4 rings (SSSR count). The van der Waals surface area contributed by atoms with E-state index in [9.17, 15) is 4.39 Å². The normalized spacial score (nSPS) is 21.1. The van der Waals surface area contributed by atoms with E-state index in [-0.39, 0.29) is 24.7 Å². The highest BCUT2D eigenvalue weighted by atomic mass is 19.1. The van der Waals surface area contributed by atoms with Crippen LogP contribution in [0.2, 0.25) is 0 Å². The van der Waals surface area contributed by atoms with Crippen LogP contribution in [0.25, 0.3) is 11.1 Å². The Hall–Kier alpha value is -2.71. The smallest absolute Gasteiger partial charge is 0.279 e. The van der Waals surface area contributed by atoms with Crippen molar-refractivity contribution in [3.8, 4) is 16.9 Å². The molecule has 2 aliphatic rings. The molecule has 32 heavy (non-hydrogen) atoms. The van der Waals surface area contributed by atoms with Gasteiger partial charge in [-0.3, -0.25) is 5.41 Å². The maximum atomic E-state index is 14.2. The molecule has 0 saturated carbocycles. The molecule has 0 radical (unpaired) electrons. The minimum absolute atomic E-state index is 0.000666. The number of pyridine rings is 1. The van der Waals surface area contributed by atoms with E-state index in [0.717, 1.165) is 62.3 Å². The molecule has 3 heterocycles. The van der Waals surface area contributed by atoms with E-state index in [4.69, 9.17) is 25.4 Å². The van der Waals surface area contributed by atoms with Gasteiger partial charge in [0.2, 0.25) is 5.95 Å². The number of nitrogens with two attached hydrogens (primary N) is 1. The zero-order chi connectivity index (χ0) is 22.5. The van der Waals surface area contributed by atoms with Crippen molar-refractivity contribution in [1.82, 2.24) is 9.88 Å². The Kier molecular flexibility index (Phi) is 7.22. The van der Waals surface area contributed by atoms with Crippen molar-refractivity contribution in [2.75, 3.05) is 33.4 Å². The average Bonchev–Trinajstić information content (AvgIpc) is 2.81. The molecule has 2 unspecified atom stereocenters. The van der Waals surface area contributed by atoms with E-state index in [0.29, 0.717) is 11.6 Å². The van der Waals surface area contributed by atoms with Crippen LogP contribution in [0.3, 0.4) is 0 Å². The average molecular weight is 443 g/mol. The number of benzene rings is 1. The van der Waals surface area contributed by atoms with Crippen LogP contribution in [0.4, 0.5) is 4.39 Å². The summed E-state index contributed by atoms with van der Waals surface area (Å²) >= 11 is 0. The van der Waals surface area contributed by atoms with Crippen LogP contribution in [-0.2, 0) is 9.47 Å². The summed E-state index contributed by atoms with van der Waals surface area (Å²) < 4.78 is 31.4. The van der Waals surface area contributed by atoms with Crippen molar-refractivity contribution < 1.29 is 18.6 Å². The largest absolute Gasteiger partial charge is 0.490 e. The summed E-state index contributed by atoms with van der Waals surface area (Å²) in [6, 6.07) is 9.37.